The van der Waals surface area contributed by atoms with Gasteiger partial charge in [-0.3, -0.25) is 9.59 Å². The van der Waals surface area contributed by atoms with Crippen molar-refractivity contribution in [3.05, 3.63) is 64.7 Å². The number of carbonyl (C=O) groups is 2. The van der Waals surface area contributed by atoms with Crippen LogP contribution in [-0.4, -0.2) is 18.9 Å². The molecular formula is C19H21ClN2O3. The zero-order valence-electron chi connectivity index (χ0n) is 14.2. The maximum atomic E-state index is 12.3. The summed E-state index contributed by atoms with van der Waals surface area (Å²) in [6, 6.07) is 14.2. The smallest absolute Gasteiger partial charge is 0.222 e. The summed E-state index contributed by atoms with van der Waals surface area (Å²) in [6.07, 6.45) is 0.135. The van der Waals surface area contributed by atoms with Gasteiger partial charge in [-0.25, -0.2) is 0 Å². The molecule has 5 nitrogen and oxygen atoms in total. The molecule has 25 heavy (non-hydrogen) atoms. The first-order chi connectivity index (χ1) is 12.0. The minimum Gasteiger partial charge on any atom is -0.496 e. The van der Waals surface area contributed by atoms with Crippen LogP contribution in [-0.2, 0) is 16.1 Å². The second kappa shape index (κ2) is 9.08. The first-order valence-electron chi connectivity index (χ1n) is 7.90. The predicted octanol–water partition coefficient (Wildman–Crippen LogP) is 3.23. The highest BCUT2D eigenvalue weighted by molar-refractivity contribution is 6.30. The third kappa shape index (κ3) is 5.80. The molecule has 0 aliphatic heterocycles. The van der Waals surface area contributed by atoms with E-state index in [1.54, 1.807) is 31.4 Å². The number of para-hydroxylation sites is 1. The Labute approximate surface area is 152 Å². The van der Waals surface area contributed by atoms with Crippen LogP contribution in [0.4, 0.5) is 0 Å². The van der Waals surface area contributed by atoms with Gasteiger partial charge < -0.3 is 15.4 Å². The molecule has 0 radical (unpaired) electrons. The Morgan fingerprint density at radius 2 is 1.80 bits per heavy atom. The lowest BCUT2D eigenvalue weighted by Gasteiger charge is -2.18. The molecule has 2 aromatic rings. The summed E-state index contributed by atoms with van der Waals surface area (Å²) in [6.45, 7) is 1.78. The van der Waals surface area contributed by atoms with E-state index in [9.17, 15) is 9.59 Å². The second-order valence-corrected chi connectivity index (χ2v) is 6.03. The lowest BCUT2D eigenvalue weighted by atomic mass is 10.0. The number of ether oxygens (including phenoxy) is 1. The number of rotatable bonds is 7. The maximum absolute atomic E-state index is 12.3. The zero-order valence-corrected chi connectivity index (χ0v) is 15.0. The monoisotopic (exact) mass is 360 g/mol. The summed E-state index contributed by atoms with van der Waals surface area (Å²) < 4.78 is 5.27. The topological polar surface area (TPSA) is 67.4 Å². The van der Waals surface area contributed by atoms with E-state index in [-0.39, 0.29) is 18.2 Å². The van der Waals surface area contributed by atoms with Gasteiger partial charge in [-0.2, -0.15) is 0 Å². The molecule has 0 aliphatic rings. The number of hydrogen-bond acceptors (Lipinski definition) is 3. The van der Waals surface area contributed by atoms with Gasteiger partial charge in [0, 0.05) is 24.1 Å². The number of halogens is 1. The van der Waals surface area contributed by atoms with Crippen molar-refractivity contribution in [3.8, 4) is 5.75 Å². The van der Waals surface area contributed by atoms with Crippen molar-refractivity contribution >= 4 is 23.4 Å². The Bertz CT molecular complexity index is 732. The van der Waals surface area contributed by atoms with E-state index in [0.717, 1.165) is 16.9 Å². The molecule has 0 aromatic heterocycles. The summed E-state index contributed by atoms with van der Waals surface area (Å²) in [5.41, 5.74) is 1.72. The molecule has 2 amide bonds. The van der Waals surface area contributed by atoms with Gasteiger partial charge in [0.05, 0.1) is 19.6 Å². The van der Waals surface area contributed by atoms with Crippen molar-refractivity contribution in [2.45, 2.75) is 25.9 Å². The van der Waals surface area contributed by atoms with Crippen LogP contribution in [0.15, 0.2) is 48.5 Å². The largest absolute Gasteiger partial charge is 0.496 e. The van der Waals surface area contributed by atoms with Crippen LogP contribution in [0.3, 0.4) is 0 Å². The van der Waals surface area contributed by atoms with E-state index in [0.29, 0.717) is 11.6 Å². The molecule has 0 saturated heterocycles. The Balaban J connectivity index is 2.01. The number of nitrogens with one attached hydrogen (secondary N) is 2. The Kier molecular flexibility index (Phi) is 6.83. The van der Waals surface area contributed by atoms with Gasteiger partial charge in [0.15, 0.2) is 0 Å². The van der Waals surface area contributed by atoms with Gasteiger partial charge in [0.1, 0.15) is 5.75 Å². The standard InChI is InChI=1S/C19H21ClN2O3/c1-13(23)22-17(14-7-9-16(20)10-8-14)11-19(24)21-12-15-5-3-4-6-18(15)25-2/h3-10,17H,11-12H2,1-2H3,(H,21,24)(H,22,23). The molecule has 1 atom stereocenters. The first-order valence-corrected chi connectivity index (χ1v) is 8.28. The highest BCUT2D eigenvalue weighted by atomic mass is 35.5. The van der Waals surface area contributed by atoms with E-state index >= 15 is 0 Å². The fraction of sp³-hybridized carbons (Fsp3) is 0.263. The number of amides is 2. The maximum Gasteiger partial charge on any atom is 0.222 e. The third-order valence-electron chi connectivity index (χ3n) is 3.71. The molecule has 0 aliphatic carbocycles. The highest BCUT2D eigenvalue weighted by Crippen LogP contribution is 2.20. The minimum absolute atomic E-state index is 0.135. The highest BCUT2D eigenvalue weighted by Gasteiger charge is 2.17. The van der Waals surface area contributed by atoms with E-state index in [1.165, 1.54) is 6.92 Å². The average molecular weight is 361 g/mol. The lowest BCUT2D eigenvalue weighted by molar-refractivity contribution is -0.122. The van der Waals surface area contributed by atoms with Crippen molar-refractivity contribution in [2.75, 3.05) is 7.11 Å². The van der Waals surface area contributed by atoms with Crippen molar-refractivity contribution in [2.24, 2.45) is 0 Å². The van der Waals surface area contributed by atoms with Crippen molar-refractivity contribution < 1.29 is 14.3 Å². The van der Waals surface area contributed by atoms with Crippen LogP contribution in [0.2, 0.25) is 5.02 Å². The van der Waals surface area contributed by atoms with Gasteiger partial charge >= 0.3 is 0 Å². The van der Waals surface area contributed by atoms with E-state index in [4.69, 9.17) is 16.3 Å². The van der Waals surface area contributed by atoms with Crippen molar-refractivity contribution in [1.29, 1.82) is 0 Å². The molecular weight excluding hydrogens is 340 g/mol. The predicted molar refractivity (Wildman–Crippen MR) is 97.5 cm³/mol. The molecule has 0 heterocycles. The average Bonchev–Trinajstić information content (AvgIpc) is 2.60. The van der Waals surface area contributed by atoms with Crippen LogP contribution < -0.4 is 15.4 Å². The number of carbonyl (C=O) groups excluding carboxylic acids is 2. The molecule has 0 spiro atoms. The van der Waals surface area contributed by atoms with Crippen LogP contribution in [0.25, 0.3) is 0 Å². The summed E-state index contributed by atoms with van der Waals surface area (Å²) in [4.78, 5) is 23.8. The fourth-order valence-corrected chi connectivity index (χ4v) is 2.62. The Hall–Kier alpha value is -2.53. The third-order valence-corrected chi connectivity index (χ3v) is 3.96. The SMILES string of the molecule is COc1ccccc1CNC(=O)CC(NC(C)=O)c1ccc(Cl)cc1. The molecule has 6 heteroatoms. The van der Waals surface area contributed by atoms with Gasteiger partial charge in [0.25, 0.3) is 0 Å². The Morgan fingerprint density at radius 3 is 2.44 bits per heavy atom. The first kappa shape index (κ1) is 18.8. The second-order valence-electron chi connectivity index (χ2n) is 5.60. The van der Waals surface area contributed by atoms with Crippen molar-refractivity contribution in [1.82, 2.24) is 10.6 Å². The number of methoxy groups -OCH3 is 1. The summed E-state index contributed by atoms with van der Waals surface area (Å²) in [5, 5.41) is 6.26. The van der Waals surface area contributed by atoms with E-state index in [2.05, 4.69) is 10.6 Å². The quantitative estimate of drug-likeness (QED) is 0.796. The van der Waals surface area contributed by atoms with Gasteiger partial charge in [-0.05, 0) is 23.8 Å². The zero-order chi connectivity index (χ0) is 18.2. The molecule has 0 saturated carbocycles. The summed E-state index contributed by atoms with van der Waals surface area (Å²) in [5.74, 6) is 0.357. The molecule has 1 unspecified atom stereocenters. The van der Waals surface area contributed by atoms with Crippen LogP contribution in [0.1, 0.15) is 30.5 Å². The summed E-state index contributed by atoms with van der Waals surface area (Å²) >= 11 is 5.90. The lowest BCUT2D eigenvalue weighted by Crippen LogP contribution is -2.32. The van der Waals surface area contributed by atoms with Gasteiger partial charge in [0.2, 0.25) is 11.8 Å². The van der Waals surface area contributed by atoms with Gasteiger partial charge in [-0.15, -0.1) is 0 Å². The fourth-order valence-electron chi connectivity index (χ4n) is 2.49. The van der Waals surface area contributed by atoms with Crippen molar-refractivity contribution in [3.63, 3.8) is 0 Å². The molecule has 132 valence electrons. The van der Waals surface area contributed by atoms with Crippen LogP contribution in [0, 0.1) is 0 Å². The van der Waals surface area contributed by atoms with E-state index < -0.39 is 6.04 Å². The molecule has 0 fully saturated rings. The molecule has 2 N–H and O–H groups in total. The van der Waals surface area contributed by atoms with Crippen LogP contribution >= 0.6 is 11.6 Å². The molecule has 2 aromatic carbocycles. The van der Waals surface area contributed by atoms with Gasteiger partial charge in [-0.1, -0.05) is 41.9 Å². The van der Waals surface area contributed by atoms with E-state index in [1.807, 2.05) is 24.3 Å². The molecule has 2 rings (SSSR count). The minimum atomic E-state index is -0.410. The Morgan fingerprint density at radius 1 is 1.12 bits per heavy atom. The molecule has 0 bridgehead atoms. The number of benzene rings is 2. The summed E-state index contributed by atoms with van der Waals surface area (Å²) in [7, 11) is 1.59. The van der Waals surface area contributed by atoms with Crippen LogP contribution in [0.5, 0.6) is 5.75 Å². The number of hydrogen-bond donors (Lipinski definition) is 2. The normalized spacial score (nSPS) is 11.5.